The summed E-state index contributed by atoms with van der Waals surface area (Å²) < 4.78 is 18.4. The number of carbonyl (C=O) groups excluding carboxylic acids is 1. The summed E-state index contributed by atoms with van der Waals surface area (Å²) in [6, 6.07) is 11.4. The lowest BCUT2D eigenvalue weighted by Gasteiger charge is -2.07. The van der Waals surface area contributed by atoms with Gasteiger partial charge in [0.05, 0.1) is 13.0 Å². The first-order chi connectivity index (χ1) is 11.7. The summed E-state index contributed by atoms with van der Waals surface area (Å²) in [7, 11) is 1.63. The van der Waals surface area contributed by atoms with Crippen molar-refractivity contribution in [3.8, 4) is 16.9 Å². The molecule has 1 amide bonds. The van der Waals surface area contributed by atoms with Crippen LogP contribution < -0.4 is 10.1 Å². The van der Waals surface area contributed by atoms with Crippen LogP contribution in [0.25, 0.3) is 22.2 Å². The summed E-state index contributed by atoms with van der Waals surface area (Å²) in [4.78, 5) is 19.3. The fraction of sp³-hybridized carbons (Fsp3) is 0.222. The van der Waals surface area contributed by atoms with Gasteiger partial charge in [-0.05, 0) is 24.6 Å². The average molecular weight is 325 g/mol. The number of methoxy groups -OCH3 is 1. The van der Waals surface area contributed by atoms with Gasteiger partial charge in [0.1, 0.15) is 23.4 Å². The van der Waals surface area contributed by atoms with Crippen molar-refractivity contribution in [1.29, 1.82) is 0 Å². The van der Waals surface area contributed by atoms with Gasteiger partial charge in [0.2, 0.25) is 5.91 Å². The minimum atomic E-state index is -1.02. The number of pyridine rings is 1. The molecule has 2 heterocycles. The molecule has 6 heteroatoms. The number of alkyl halides is 1. The molecule has 0 spiro atoms. The van der Waals surface area contributed by atoms with Crippen molar-refractivity contribution in [2.24, 2.45) is 5.92 Å². The molecule has 0 aliphatic heterocycles. The average Bonchev–Trinajstić information content (AvgIpc) is 3.19. The first-order valence-electron chi connectivity index (χ1n) is 7.74. The molecule has 2 atom stereocenters. The third-order valence-electron chi connectivity index (χ3n) is 4.24. The Balaban J connectivity index is 1.67. The van der Waals surface area contributed by atoms with E-state index in [0.717, 1.165) is 22.3 Å². The first kappa shape index (κ1) is 14.7. The zero-order valence-electron chi connectivity index (χ0n) is 13.0. The molecule has 4 rings (SSSR count). The predicted molar refractivity (Wildman–Crippen MR) is 89.7 cm³/mol. The molecular formula is C18H16FN3O2. The predicted octanol–water partition coefficient (Wildman–Crippen LogP) is 3.54. The second-order valence-electron chi connectivity index (χ2n) is 5.84. The molecule has 2 aromatic heterocycles. The number of nitrogens with one attached hydrogen (secondary N) is 2. The second-order valence-corrected chi connectivity index (χ2v) is 5.84. The third kappa shape index (κ3) is 2.50. The first-order valence-corrected chi connectivity index (χ1v) is 7.74. The van der Waals surface area contributed by atoms with E-state index in [1.54, 1.807) is 13.2 Å². The molecule has 2 unspecified atom stereocenters. The van der Waals surface area contributed by atoms with Crippen molar-refractivity contribution in [2.75, 3.05) is 12.4 Å². The topological polar surface area (TPSA) is 67.0 Å². The van der Waals surface area contributed by atoms with E-state index in [4.69, 9.17) is 4.74 Å². The van der Waals surface area contributed by atoms with E-state index >= 15 is 0 Å². The lowest BCUT2D eigenvalue weighted by Crippen LogP contribution is -2.15. The number of fused-ring (bicyclic) bond motifs is 1. The Hall–Kier alpha value is -2.89. The van der Waals surface area contributed by atoms with E-state index in [2.05, 4.69) is 15.3 Å². The van der Waals surface area contributed by atoms with Crippen LogP contribution in [0.1, 0.15) is 6.42 Å². The molecule has 122 valence electrons. The molecule has 3 aromatic rings. The highest BCUT2D eigenvalue weighted by Gasteiger charge is 2.43. The van der Waals surface area contributed by atoms with Crippen molar-refractivity contribution in [2.45, 2.75) is 12.6 Å². The van der Waals surface area contributed by atoms with Crippen LogP contribution in [0.3, 0.4) is 0 Å². The van der Waals surface area contributed by atoms with Crippen molar-refractivity contribution in [1.82, 2.24) is 9.97 Å². The third-order valence-corrected chi connectivity index (χ3v) is 4.24. The van der Waals surface area contributed by atoms with E-state index in [1.807, 2.05) is 36.5 Å². The van der Waals surface area contributed by atoms with Crippen LogP contribution in [0.4, 0.5) is 10.2 Å². The number of para-hydroxylation sites is 1. The van der Waals surface area contributed by atoms with E-state index in [0.29, 0.717) is 17.9 Å². The molecule has 0 bridgehead atoms. The minimum absolute atomic E-state index is 0.300. The lowest BCUT2D eigenvalue weighted by molar-refractivity contribution is -0.117. The molecule has 0 saturated heterocycles. The number of amides is 1. The Bertz CT molecular complexity index is 922. The van der Waals surface area contributed by atoms with Gasteiger partial charge in [0.15, 0.2) is 0 Å². The standard InChI is InChI=1S/C18H16FN3O2/c1-24-15-5-3-2-4-10(15)13-9-20-17-11(13)6-7-16(21-17)22-18(23)12-8-14(12)19/h2-7,9,12,14H,8H2,1H3,(H2,20,21,22,23). The molecule has 24 heavy (non-hydrogen) atoms. The van der Waals surface area contributed by atoms with Crippen LogP contribution >= 0.6 is 0 Å². The van der Waals surface area contributed by atoms with Gasteiger partial charge < -0.3 is 15.0 Å². The second kappa shape index (κ2) is 5.63. The molecule has 1 aliphatic rings. The molecule has 1 saturated carbocycles. The van der Waals surface area contributed by atoms with Gasteiger partial charge in [0, 0.05) is 22.7 Å². The van der Waals surface area contributed by atoms with Crippen LogP contribution in [0.2, 0.25) is 0 Å². The number of hydrogen-bond acceptors (Lipinski definition) is 3. The monoisotopic (exact) mass is 325 g/mol. The van der Waals surface area contributed by atoms with Gasteiger partial charge in [0.25, 0.3) is 0 Å². The fourth-order valence-electron chi connectivity index (χ4n) is 2.82. The van der Waals surface area contributed by atoms with Gasteiger partial charge in [-0.15, -0.1) is 0 Å². The Morgan fingerprint density at radius 1 is 1.29 bits per heavy atom. The van der Waals surface area contributed by atoms with Gasteiger partial charge in [-0.1, -0.05) is 18.2 Å². The molecule has 5 nitrogen and oxygen atoms in total. The minimum Gasteiger partial charge on any atom is -0.496 e. The van der Waals surface area contributed by atoms with Gasteiger partial charge >= 0.3 is 0 Å². The lowest BCUT2D eigenvalue weighted by atomic mass is 10.0. The van der Waals surface area contributed by atoms with Crippen LogP contribution in [0.5, 0.6) is 5.75 Å². The number of benzene rings is 1. The van der Waals surface area contributed by atoms with E-state index in [1.165, 1.54) is 0 Å². The zero-order valence-corrected chi connectivity index (χ0v) is 13.0. The van der Waals surface area contributed by atoms with Gasteiger partial charge in [-0.3, -0.25) is 4.79 Å². The number of hydrogen-bond donors (Lipinski definition) is 2. The van der Waals surface area contributed by atoms with Crippen molar-refractivity contribution >= 4 is 22.8 Å². The van der Waals surface area contributed by atoms with Crippen LogP contribution in [-0.4, -0.2) is 29.2 Å². The Kier molecular flexibility index (Phi) is 3.45. The summed E-state index contributed by atoms with van der Waals surface area (Å²) in [5.41, 5.74) is 2.59. The summed E-state index contributed by atoms with van der Waals surface area (Å²) in [5.74, 6) is 0.347. The summed E-state index contributed by atoms with van der Waals surface area (Å²) in [5, 5.41) is 3.59. The number of ether oxygens (including phenoxy) is 1. The van der Waals surface area contributed by atoms with Gasteiger partial charge in [-0.25, -0.2) is 9.37 Å². The fourth-order valence-corrected chi connectivity index (χ4v) is 2.82. The maximum absolute atomic E-state index is 12.9. The number of rotatable bonds is 4. The molecular weight excluding hydrogens is 309 g/mol. The summed E-state index contributed by atoms with van der Waals surface area (Å²) in [6.07, 6.45) is 1.14. The van der Waals surface area contributed by atoms with Crippen LogP contribution in [-0.2, 0) is 4.79 Å². The number of anilines is 1. The van der Waals surface area contributed by atoms with Crippen molar-refractivity contribution < 1.29 is 13.9 Å². The van der Waals surface area contributed by atoms with Crippen LogP contribution in [0.15, 0.2) is 42.6 Å². The van der Waals surface area contributed by atoms with Crippen LogP contribution in [0, 0.1) is 5.92 Å². The zero-order chi connectivity index (χ0) is 16.7. The molecule has 1 fully saturated rings. The van der Waals surface area contributed by atoms with Crippen molar-refractivity contribution in [3.63, 3.8) is 0 Å². The van der Waals surface area contributed by atoms with E-state index in [9.17, 15) is 9.18 Å². The molecule has 0 radical (unpaired) electrons. The van der Waals surface area contributed by atoms with Gasteiger partial charge in [-0.2, -0.15) is 0 Å². The quantitative estimate of drug-likeness (QED) is 0.771. The Labute approximate surface area is 137 Å². The number of aromatic amines is 1. The van der Waals surface area contributed by atoms with Crippen molar-refractivity contribution in [3.05, 3.63) is 42.6 Å². The number of carbonyl (C=O) groups is 1. The molecule has 1 aliphatic carbocycles. The highest BCUT2D eigenvalue weighted by Crippen LogP contribution is 2.36. The SMILES string of the molecule is COc1ccccc1-c1c[nH]c2nc(NC(=O)C3CC3F)ccc12. The largest absolute Gasteiger partial charge is 0.496 e. The molecule has 1 aromatic carbocycles. The smallest absolute Gasteiger partial charge is 0.231 e. The highest BCUT2D eigenvalue weighted by molar-refractivity contribution is 5.98. The van der Waals surface area contributed by atoms with E-state index < -0.39 is 12.1 Å². The maximum Gasteiger partial charge on any atom is 0.231 e. The number of nitrogens with zero attached hydrogens (tertiary/aromatic N) is 1. The Morgan fingerprint density at radius 2 is 2.08 bits per heavy atom. The number of H-pyrrole nitrogens is 1. The normalized spacial score (nSPS) is 19.2. The van der Waals surface area contributed by atoms with E-state index in [-0.39, 0.29) is 5.91 Å². The molecule has 2 N–H and O–H groups in total. The highest BCUT2D eigenvalue weighted by atomic mass is 19.1. The maximum atomic E-state index is 12.9. The number of halogens is 1. The summed E-state index contributed by atoms with van der Waals surface area (Å²) in [6.45, 7) is 0. The Morgan fingerprint density at radius 3 is 2.83 bits per heavy atom. The number of aromatic nitrogens is 2. The summed E-state index contributed by atoms with van der Waals surface area (Å²) >= 11 is 0.